The van der Waals surface area contributed by atoms with Crippen molar-refractivity contribution in [3.63, 3.8) is 0 Å². The van der Waals surface area contributed by atoms with Crippen molar-refractivity contribution in [3.8, 4) is 0 Å². The van der Waals surface area contributed by atoms with Gasteiger partial charge in [0.1, 0.15) is 6.29 Å². The Labute approximate surface area is 68.1 Å². The minimum Gasteiger partial charge on any atom is -0.299 e. The molecule has 1 heteroatoms. The lowest BCUT2D eigenvalue weighted by molar-refractivity contribution is -0.104. The van der Waals surface area contributed by atoms with Crippen LogP contribution in [0.5, 0.6) is 0 Å². The van der Waals surface area contributed by atoms with Gasteiger partial charge in [-0.1, -0.05) is 43.7 Å². The minimum atomic E-state index is 0.764. The van der Waals surface area contributed by atoms with Crippen LogP contribution in [0.15, 0.2) is 36.5 Å². The molecule has 0 aromatic rings. The second kappa shape index (κ2) is 8.89. The Morgan fingerprint density at radius 3 is 2.27 bits per heavy atom. The van der Waals surface area contributed by atoms with E-state index in [1.807, 2.05) is 18.2 Å². The molecule has 0 heterocycles. The van der Waals surface area contributed by atoms with Crippen LogP contribution >= 0.6 is 0 Å². The van der Waals surface area contributed by atoms with Crippen LogP contribution in [0.3, 0.4) is 0 Å². The van der Waals surface area contributed by atoms with Crippen LogP contribution in [-0.2, 0) is 4.79 Å². The van der Waals surface area contributed by atoms with Crippen molar-refractivity contribution in [1.29, 1.82) is 0 Å². The Balaban J connectivity index is 3.42. The molecular weight excluding hydrogens is 136 g/mol. The summed E-state index contributed by atoms with van der Waals surface area (Å²) in [6.45, 7) is 2.14. The van der Waals surface area contributed by atoms with Crippen LogP contribution in [0.2, 0.25) is 0 Å². The fourth-order valence-corrected chi connectivity index (χ4v) is 0.579. The van der Waals surface area contributed by atoms with Crippen molar-refractivity contribution in [2.24, 2.45) is 0 Å². The van der Waals surface area contributed by atoms with E-state index >= 15 is 0 Å². The molecular formula is C10H14O. The zero-order valence-corrected chi connectivity index (χ0v) is 6.86. The molecule has 0 spiro atoms. The van der Waals surface area contributed by atoms with E-state index in [1.165, 1.54) is 12.5 Å². The summed E-state index contributed by atoms with van der Waals surface area (Å²) >= 11 is 0. The highest BCUT2D eigenvalue weighted by Crippen LogP contribution is 1.88. The van der Waals surface area contributed by atoms with Crippen LogP contribution in [-0.4, -0.2) is 6.29 Å². The van der Waals surface area contributed by atoms with Gasteiger partial charge in [0, 0.05) is 0 Å². The Morgan fingerprint density at radius 2 is 1.64 bits per heavy atom. The SMILES string of the molecule is CCC\C=C/C=C/C=C\C=O. The highest BCUT2D eigenvalue weighted by atomic mass is 16.1. The van der Waals surface area contributed by atoms with Crippen LogP contribution in [0.4, 0.5) is 0 Å². The van der Waals surface area contributed by atoms with Crippen LogP contribution in [0.25, 0.3) is 0 Å². The van der Waals surface area contributed by atoms with E-state index in [2.05, 4.69) is 13.0 Å². The number of carbonyl (C=O) groups excluding carboxylic acids is 1. The van der Waals surface area contributed by atoms with Gasteiger partial charge >= 0.3 is 0 Å². The first-order valence-electron chi connectivity index (χ1n) is 3.85. The number of unbranched alkanes of at least 4 members (excludes halogenated alkanes) is 1. The molecule has 0 N–H and O–H groups in total. The van der Waals surface area contributed by atoms with Crippen molar-refractivity contribution >= 4 is 6.29 Å². The maximum absolute atomic E-state index is 9.80. The average molecular weight is 150 g/mol. The van der Waals surface area contributed by atoms with Crippen LogP contribution in [0, 0.1) is 0 Å². The maximum atomic E-state index is 9.80. The van der Waals surface area contributed by atoms with E-state index in [9.17, 15) is 4.79 Å². The number of aldehydes is 1. The van der Waals surface area contributed by atoms with E-state index in [4.69, 9.17) is 0 Å². The van der Waals surface area contributed by atoms with Crippen LogP contribution in [0.1, 0.15) is 19.8 Å². The molecule has 1 nitrogen and oxygen atoms in total. The molecule has 0 aliphatic rings. The lowest BCUT2D eigenvalue weighted by Gasteiger charge is -1.78. The molecule has 0 amide bonds. The van der Waals surface area contributed by atoms with Crippen molar-refractivity contribution in [2.75, 3.05) is 0 Å². The Kier molecular flexibility index (Phi) is 7.99. The molecule has 60 valence electrons. The fraction of sp³-hybridized carbons (Fsp3) is 0.300. The normalized spacial score (nSPS) is 12.1. The van der Waals surface area contributed by atoms with E-state index in [1.54, 1.807) is 6.08 Å². The van der Waals surface area contributed by atoms with Gasteiger partial charge in [0.05, 0.1) is 0 Å². The summed E-state index contributed by atoms with van der Waals surface area (Å²) in [6, 6.07) is 0. The molecule has 0 bridgehead atoms. The topological polar surface area (TPSA) is 17.1 Å². The van der Waals surface area contributed by atoms with E-state index < -0.39 is 0 Å². The largest absolute Gasteiger partial charge is 0.299 e. The molecule has 0 saturated heterocycles. The molecule has 0 aromatic heterocycles. The summed E-state index contributed by atoms with van der Waals surface area (Å²) in [7, 11) is 0. The average Bonchev–Trinajstić information content (AvgIpc) is 2.03. The summed E-state index contributed by atoms with van der Waals surface area (Å²) in [5.41, 5.74) is 0. The first-order chi connectivity index (χ1) is 5.41. The summed E-state index contributed by atoms with van der Waals surface area (Å²) in [5.74, 6) is 0. The van der Waals surface area contributed by atoms with Gasteiger partial charge in [-0.2, -0.15) is 0 Å². The molecule has 0 atom stereocenters. The zero-order valence-electron chi connectivity index (χ0n) is 6.86. The van der Waals surface area contributed by atoms with Gasteiger partial charge in [-0.3, -0.25) is 4.79 Å². The van der Waals surface area contributed by atoms with E-state index in [0.717, 1.165) is 12.7 Å². The van der Waals surface area contributed by atoms with Gasteiger partial charge in [0.15, 0.2) is 0 Å². The zero-order chi connectivity index (χ0) is 8.36. The van der Waals surface area contributed by atoms with Gasteiger partial charge in [0.25, 0.3) is 0 Å². The number of rotatable bonds is 5. The Hall–Kier alpha value is -1.11. The van der Waals surface area contributed by atoms with Crippen molar-refractivity contribution in [3.05, 3.63) is 36.5 Å². The highest BCUT2D eigenvalue weighted by Gasteiger charge is 1.68. The number of allylic oxidation sites excluding steroid dienone is 6. The van der Waals surface area contributed by atoms with Crippen molar-refractivity contribution < 1.29 is 4.79 Å². The Bertz CT molecular complexity index is 164. The molecule has 0 aliphatic heterocycles. The summed E-state index contributed by atoms with van der Waals surface area (Å²) in [5, 5.41) is 0. The lowest BCUT2D eigenvalue weighted by Crippen LogP contribution is -1.59. The van der Waals surface area contributed by atoms with E-state index in [0.29, 0.717) is 0 Å². The van der Waals surface area contributed by atoms with Gasteiger partial charge in [-0.05, 0) is 12.5 Å². The predicted octanol–water partition coefficient (Wildman–Crippen LogP) is 2.65. The highest BCUT2D eigenvalue weighted by molar-refractivity contribution is 5.65. The quantitative estimate of drug-likeness (QED) is 0.334. The monoisotopic (exact) mass is 150 g/mol. The van der Waals surface area contributed by atoms with Gasteiger partial charge in [-0.25, -0.2) is 0 Å². The second-order valence-corrected chi connectivity index (χ2v) is 2.12. The molecule has 0 fully saturated rings. The van der Waals surface area contributed by atoms with Crippen LogP contribution < -0.4 is 0 Å². The Morgan fingerprint density at radius 1 is 1.00 bits per heavy atom. The fourth-order valence-electron chi connectivity index (χ4n) is 0.579. The predicted molar refractivity (Wildman–Crippen MR) is 48.4 cm³/mol. The first kappa shape index (κ1) is 9.89. The summed E-state index contributed by atoms with van der Waals surface area (Å²) in [6.07, 6.45) is 14.1. The third-order valence-corrected chi connectivity index (χ3v) is 1.11. The maximum Gasteiger partial charge on any atom is 0.142 e. The van der Waals surface area contributed by atoms with Crippen molar-refractivity contribution in [2.45, 2.75) is 19.8 Å². The van der Waals surface area contributed by atoms with Crippen molar-refractivity contribution in [1.82, 2.24) is 0 Å². The third kappa shape index (κ3) is 8.89. The molecule has 0 radical (unpaired) electrons. The molecule has 0 rings (SSSR count). The summed E-state index contributed by atoms with van der Waals surface area (Å²) in [4.78, 5) is 9.80. The molecule has 0 aliphatic carbocycles. The van der Waals surface area contributed by atoms with E-state index in [-0.39, 0.29) is 0 Å². The van der Waals surface area contributed by atoms with Gasteiger partial charge in [0.2, 0.25) is 0 Å². The lowest BCUT2D eigenvalue weighted by atomic mass is 10.3. The third-order valence-electron chi connectivity index (χ3n) is 1.11. The minimum absolute atomic E-state index is 0.764. The molecule has 0 saturated carbocycles. The molecule has 11 heavy (non-hydrogen) atoms. The second-order valence-electron chi connectivity index (χ2n) is 2.12. The summed E-state index contributed by atoms with van der Waals surface area (Å²) < 4.78 is 0. The number of hydrogen-bond donors (Lipinski definition) is 0. The smallest absolute Gasteiger partial charge is 0.142 e. The molecule has 0 aromatic carbocycles. The van der Waals surface area contributed by atoms with Gasteiger partial charge in [-0.15, -0.1) is 0 Å². The number of hydrogen-bond acceptors (Lipinski definition) is 1. The van der Waals surface area contributed by atoms with Gasteiger partial charge < -0.3 is 0 Å². The standard InChI is InChI=1S/C10H14O/c1-2-3-4-5-6-7-8-9-10-11/h4-10H,2-3H2,1H3/b5-4-,7-6+,9-8-. The molecule has 0 unspecified atom stereocenters. The number of carbonyl (C=O) groups is 1. The first-order valence-corrected chi connectivity index (χ1v) is 3.85.